The molecule has 1 saturated heterocycles. The number of hydrogen-bond donors (Lipinski definition) is 0. The average molecular weight is 321 g/mol. The first-order chi connectivity index (χ1) is 11.7. The van der Waals surface area contributed by atoms with E-state index in [0.29, 0.717) is 12.1 Å². The Balaban J connectivity index is 1.61. The fourth-order valence-electron chi connectivity index (χ4n) is 4.16. The first-order valence-corrected chi connectivity index (χ1v) is 8.97. The van der Waals surface area contributed by atoms with Crippen LogP contribution in [0.1, 0.15) is 42.4 Å². The Bertz CT molecular complexity index is 750. The molecule has 0 amide bonds. The lowest BCUT2D eigenvalue weighted by atomic mass is 9.82. The molecule has 124 valence electrons. The van der Waals surface area contributed by atoms with E-state index in [1.807, 2.05) is 13.0 Å². The Hall–Kier alpha value is -1.93. The van der Waals surface area contributed by atoms with Crippen LogP contribution >= 0.6 is 0 Å². The normalized spacial score (nSPS) is 23.8. The molecule has 24 heavy (non-hydrogen) atoms. The largest absolute Gasteiger partial charge is 0.289 e. The Kier molecular flexibility index (Phi) is 4.24. The maximum atomic E-state index is 14.0. The predicted octanol–water partition coefficient (Wildman–Crippen LogP) is 5.34. The van der Waals surface area contributed by atoms with E-state index in [1.165, 1.54) is 30.4 Å². The van der Waals surface area contributed by atoms with Crippen molar-refractivity contribution in [2.24, 2.45) is 0 Å². The van der Waals surface area contributed by atoms with Crippen molar-refractivity contribution in [1.29, 1.82) is 0 Å². The van der Waals surface area contributed by atoms with Crippen molar-refractivity contribution in [2.45, 2.75) is 51.2 Å². The minimum Gasteiger partial charge on any atom is -0.289 e. The molecule has 0 spiro atoms. The molecule has 2 bridgehead atoms. The number of halogens is 1. The fourth-order valence-corrected chi connectivity index (χ4v) is 4.16. The zero-order valence-corrected chi connectivity index (χ0v) is 14.2. The van der Waals surface area contributed by atoms with Gasteiger partial charge in [-0.05, 0) is 54.5 Å². The first kappa shape index (κ1) is 15.6. The van der Waals surface area contributed by atoms with Gasteiger partial charge in [-0.3, -0.25) is 4.90 Å². The summed E-state index contributed by atoms with van der Waals surface area (Å²) < 4.78 is 14.0. The number of benzene rings is 2. The smallest absolute Gasteiger partial charge is 0.126 e. The van der Waals surface area contributed by atoms with Crippen LogP contribution in [-0.2, 0) is 6.54 Å². The number of aryl methyl sites for hydroxylation is 1. The summed E-state index contributed by atoms with van der Waals surface area (Å²) in [4.78, 5) is 2.65. The van der Waals surface area contributed by atoms with Crippen molar-refractivity contribution < 1.29 is 4.39 Å². The van der Waals surface area contributed by atoms with E-state index in [9.17, 15) is 4.39 Å². The van der Waals surface area contributed by atoms with Crippen LogP contribution in [0.2, 0.25) is 0 Å². The minimum atomic E-state index is -0.0923. The van der Waals surface area contributed by atoms with Gasteiger partial charge >= 0.3 is 0 Å². The number of rotatable bonds is 3. The van der Waals surface area contributed by atoms with Gasteiger partial charge in [0.05, 0.1) is 0 Å². The summed E-state index contributed by atoms with van der Waals surface area (Å²) in [6.45, 7) is 2.84. The molecule has 0 aliphatic carbocycles. The summed E-state index contributed by atoms with van der Waals surface area (Å²) in [5.41, 5.74) is 4.50. The second-order valence-electron chi connectivity index (χ2n) is 7.17. The molecule has 2 atom stereocenters. The first-order valence-electron chi connectivity index (χ1n) is 8.97. The van der Waals surface area contributed by atoms with Gasteiger partial charge in [-0.1, -0.05) is 55.0 Å². The Morgan fingerprint density at radius 2 is 1.92 bits per heavy atom. The highest BCUT2D eigenvalue weighted by molar-refractivity contribution is 5.68. The standard InChI is InChI=1S/C22H24FN/c1-16-10-11-18(14-22(16)23)19-12-20-8-5-9-21(13-19)24(20)15-17-6-3-2-4-7-17/h2-4,6-7,10-12,14,20-21H,5,8-9,13,15H2,1H3. The number of fused-ring (bicyclic) bond motifs is 2. The molecule has 4 rings (SSSR count). The van der Waals surface area contributed by atoms with Crippen molar-refractivity contribution in [3.63, 3.8) is 0 Å². The molecular formula is C22H24FN. The summed E-state index contributed by atoms with van der Waals surface area (Å²) >= 11 is 0. The van der Waals surface area contributed by atoms with Crippen LogP contribution in [0.5, 0.6) is 0 Å². The van der Waals surface area contributed by atoms with Crippen LogP contribution in [0, 0.1) is 12.7 Å². The average Bonchev–Trinajstić information content (AvgIpc) is 2.58. The van der Waals surface area contributed by atoms with Gasteiger partial charge in [0.2, 0.25) is 0 Å². The lowest BCUT2D eigenvalue weighted by Gasteiger charge is -2.45. The lowest BCUT2D eigenvalue weighted by molar-refractivity contribution is 0.0951. The van der Waals surface area contributed by atoms with Crippen LogP contribution in [0.3, 0.4) is 0 Å². The minimum absolute atomic E-state index is 0.0923. The molecule has 0 saturated carbocycles. The Morgan fingerprint density at radius 3 is 2.67 bits per heavy atom. The third kappa shape index (κ3) is 3.03. The van der Waals surface area contributed by atoms with Crippen molar-refractivity contribution in [2.75, 3.05) is 0 Å². The van der Waals surface area contributed by atoms with Gasteiger partial charge in [-0.15, -0.1) is 0 Å². The predicted molar refractivity (Wildman–Crippen MR) is 97.1 cm³/mol. The number of nitrogens with zero attached hydrogens (tertiary/aromatic N) is 1. The molecule has 2 aliphatic rings. The van der Waals surface area contributed by atoms with E-state index in [0.717, 1.165) is 24.1 Å². The van der Waals surface area contributed by atoms with Gasteiger partial charge in [0.1, 0.15) is 5.82 Å². The Morgan fingerprint density at radius 1 is 1.08 bits per heavy atom. The summed E-state index contributed by atoms with van der Waals surface area (Å²) in [5, 5.41) is 0. The van der Waals surface area contributed by atoms with Crippen LogP contribution in [0.25, 0.3) is 5.57 Å². The number of hydrogen-bond acceptors (Lipinski definition) is 1. The topological polar surface area (TPSA) is 3.24 Å². The van der Waals surface area contributed by atoms with E-state index < -0.39 is 0 Å². The van der Waals surface area contributed by atoms with Crippen molar-refractivity contribution >= 4 is 5.57 Å². The third-order valence-electron chi connectivity index (χ3n) is 5.53. The van der Waals surface area contributed by atoms with Crippen molar-refractivity contribution in [1.82, 2.24) is 4.90 Å². The molecule has 0 radical (unpaired) electrons. The highest BCUT2D eigenvalue weighted by Crippen LogP contribution is 2.38. The monoisotopic (exact) mass is 321 g/mol. The summed E-state index contributed by atoms with van der Waals surface area (Å²) in [6, 6.07) is 17.5. The maximum Gasteiger partial charge on any atom is 0.126 e. The molecule has 0 aromatic heterocycles. The van der Waals surface area contributed by atoms with Crippen LogP contribution < -0.4 is 0 Å². The van der Waals surface area contributed by atoms with E-state index in [-0.39, 0.29) is 5.82 Å². The van der Waals surface area contributed by atoms with E-state index in [4.69, 9.17) is 0 Å². The summed E-state index contributed by atoms with van der Waals surface area (Å²) in [7, 11) is 0. The maximum absolute atomic E-state index is 14.0. The highest BCUT2D eigenvalue weighted by atomic mass is 19.1. The fraction of sp³-hybridized carbons (Fsp3) is 0.364. The van der Waals surface area contributed by atoms with Gasteiger partial charge in [0.15, 0.2) is 0 Å². The quantitative estimate of drug-likeness (QED) is 0.737. The zero-order valence-electron chi connectivity index (χ0n) is 14.2. The van der Waals surface area contributed by atoms with Crippen LogP contribution in [0.4, 0.5) is 4.39 Å². The lowest BCUT2D eigenvalue weighted by Crippen LogP contribution is -2.47. The SMILES string of the molecule is Cc1ccc(C2=CC3CCCC(C2)N3Cc2ccccc2)cc1F. The summed E-state index contributed by atoms with van der Waals surface area (Å²) in [5.74, 6) is -0.0923. The molecule has 2 heteroatoms. The van der Waals surface area contributed by atoms with Crippen LogP contribution in [0.15, 0.2) is 54.6 Å². The number of piperidine rings is 1. The molecule has 0 N–H and O–H groups in total. The van der Waals surface area contributed by atoms with Gasteiger partial charge in [0.25, 0.3) is 0 Å². The molecule has 2 unspecified atom stereocenters. The van der Waals surface area contributed by atoms with E-state index in [1.54, 1.807) is 6.07 Å². The molecule has 2 aliphatic heterocycles. The molecule has 1 nitrogen and oxygen atoms in total. The molecule has 2 aromatic rings. The second kappa shape index (κ2) is 6.52. The van der Waals surface area contributed by atoms with E-state index in [2.05, 4.69) is 47.4 Å². The summed E-state index contributed by atoms with van der Waals surface area (Å²) in [6.07, 6.45) is 7.18. The van der Waals surface area contributed by atoms with Crippen LogP contribution in [-0.4, -0.2) is 17.0 Å². The van der Waals surface area contributed by atoms with Gasteiger partial charge < -0.3 is 0 Å². The van der Waals surface area contributed by atoms with Gasteiger partial charge in [0, 0.05) is 18.6 Å². The Labute approximate surface area is 143 Å². The molecule has 2 aromatic carbocycles. The highest BCUT2D eigenvalue weighted by Gasteiger charge is 2.34. The third-order valence-corrected chi connectivity index (χ3v) is 5.53. The van der Waals surface area contributed by atoms with Gasteiger partial charge in [-0.2, -0.15) is 0 Å². The van der Waals surface area contributed by atoms with Crippen molar-refractivity contribution in [3.05, 3.63) is 77.1 Å². The van der Waals surface area contributed by atoms with Crippen molar-refractivity contribution in [3.8, 4) is 0 Å². The van der Waals surface area contributed by atoms with Gasteiger partial charge in [-0.25, -0.2) is 4.39 Å². The molecule has 1 fully saturated rings. The zero-order chi connectivity index (χ0) is 16.5. The molecule has 2 heterocycles. The van der Waals surface area contributed by atoms with E-state index >= 15 is 0 Å². The molecular weight excluding hydrogens is 297 g/mol. The second-order valence-corrected chi connectivity index (χ2v) is 7.17.